The molecule has 0 bridgehead atoms. The van der Waals surface area contributed by atoms with Crippen molar-refractivity contribution in [2.24, 2.45) is 5.41 Å². The van der Waals surface area contributed by atoms with Crippen molar-refractivity contribution in [1.29, 1.82) is 0 Å². The summed E-state index contributed by atoms with van der Waals surface area (Å²) in [5, 5.41) is 2.77. The van der Waals surface area contributed by atoms with Crippen LogP contribution in [0.2, 0.25) is 0 Å². The van der Waals surface area contributed by atoms with Crippen molar-refractivity contribution < 1.29 is 18.3 Å². The number of carbonyl (C=O) groups excluding carboxylic acids is 1. The molecule has 3 nitrogen and oxygen atoms in total. The van der Waals surface area contributed by atoms with Crippen LogP contribution >= 0.6 is 11.6 Å². The molecule has 0 aliphatic rings. The Morgan fingerprint density at radius 1 is 1.44 bits per heavy atom. The highest BCUT2D eigenvalue weighted by Crippen LogP contribution is 2.21. The van der Waals surface area contributed by atoms with Crippen molar-refractivity contribution in [3.8, 4) is 0 Å². The number of ether oxygens (including phenoxy) is 1. The highest BCUT2D eigenvalue weighted by atomic mass is 35.5. The molecule has 18 heavy (non-hydrogen) atoms. The topological polar surface area (TPSA) is 38.3 Å². The Balaban J connectivity index is 3.63. The van der Waals surface area contributed by atoms with Crippen molar-refractivity contribution in [3.63, 3.8) is 0 Å². The van der Waals surface area contributed by atoms with E-state index in [-0.39, 0.29) is 24.3 Å². The zero-order valence-electron chi connectivity index (χ0n) is 11.0. The van der Waals surface area contributed by atoms with Crippen LogP contribution in [0.4, 0.5) is 8.78 Å². The van der Waals surface area contributed by atoms with Crippen molar-refractivity contribution in [2.75, 3.05) is 25.6 Å². The van der Waals surface area contributed by atoms with Gasteiger partial charge in [-0.1, -0.05) is 13.8 Å². The molecule has 0 aliphatic heterocycles. The van der Waals surface area contributed by atoms with E-state index in [1.807, 2.05) is 13.8 Å². The summed E-state index contributed by atoms with van der Waals surface area (Å²) in [5.41, 5.74) is -0.00558. The summed E-state index contributed by atoms with van der Waals surface area (Å²) in [6.45, 7) is 4.06. The predicted molar refractivity (Wildman–Crippen MR) is 68.2 cm³/mol. The molecule has 0 aliphatic carbocycles. The molecule has 0 spiro atoms. The Labute approximate surface area is 112 Å². The Morgan fingerprint density at radius 2 is 2.11 bits per heavy atom. The summed E-state index contributed by atoms with van der Waals surface area (Å²) in [7, 11) is 0. The molecule has 1 amide bonds. The first-order valence-electron chi connectivity index (χ1n) is 6.06. The van der Waals surface area contributed by atoms with Gasteiger partial charge in [-0.05, 0) is 18.3 Å². The van der Waals surface area contributed by atoms with Crippen LogP contribution in [0.5, 0.6) is 0 Å². The molecule has 0 heterocycles. The standard InChI is InChI=1S/C12H22ClF2NO2/c1-12(2,5-3-6-13)9-16-11(17)4-7-18-8-10(14)15/h10H,3-9H2,1-2H3,(H,16,17). The average molecular weight is 286 g/mol. The zero-order valence-corrected chi connectivity index (χ0v) is 11.7. The second kappa shape index (κ2) is 9.50. The van der Waals surface area contributed by atoms with E-state index in [2.05, 4.69) is 10.1 Å². The van der Waals surface area contributed by atoms with Crippen molar-refractivity contribution in [1.82, 2.24) is 5.32 Å². The number of hydrogen-bond donors (Lipinski definition) is 1. The van der Waals surface area contributed by atoms with Crippen LogP contribution in [0.15, 0.2) is 0 Å². The van der Waals surface area contributed by atoms with E-state index < -0.39 is 13.0 Å². The molecule has 0 unspecified atom stereocenters. The summed E-state index contributed by atoms with van der Waals surface area (Å²) >= 11 is 5.62. The van der Waals surface area contributed by atoms with Gasteiger partial charge in [-0.15, -0.1) is 11.6 Å². The van der Waals surface area contributed by atoms with E-state index in [1.54, 1.807) is 0 Å². The first-order valence-corrected chi connectivity index (χ1v) is 6.59. The molecule has 6 heteroatoms. The number of alkyl halides is 3. The van der Waals surface area contributed by atoms with Gasteiger partial charge >= 0.3 is 0 Å². The van der Waals surface area contributed by atoms with Crippen molar-refractivity contribution in [3.05, 3.63) is 0 Å². The fourth-order valence-electron chi connectivity index (χ4n) is 1.40. The maximum absolute atomic E-state index is 11.7. The monoisotopic (exact) mass is 285 g/mol. The predicted octanol–water partition coefficient (Wildman–Crippen LogP) is 2.82. The van der Waals surface area contributed by atoms with E-state index >= 15 is 0 Å². The van der Waals surface area contributed by atoms with Crippen LogP contribution in [-0.4, -0.2) is 38.0 Å². The lowest BCUT2D eigenvalue weighted by Gasteiger charge is -2.24. The molecular weight excluding hydrogens is 264 g/mol. The van der Waals surface area contributed by atoms with Crippen LogP contribution in [0.25, 0.3) is 0 Å². The Hall–Kier alpha value is -0.420. The summed E-state index contributed by atoms with van der Waals surface area (Å²) in [4.78, 5) is 11.4. The molecule has 1 N–H and O–H groups in total. The second-order valence-corrected chi connectivity index (χ2v) is 5.33. The molecule has 0 fully saturated rings. The molecule has 0 atom stereocenters. The van der Waals surface area contributed by atoms with Crippen LogP contribution in [-0.2, 0) is 9.53 Å². The molecule has 0 saturated carbocycles. The number of amides is 1. The highest BCUT2D eigenvalue weighted by Gasteiger charge is 2.18. The van der Waals surface area contributed by atoms with Gasteiger partial charge in [0, 0.05) is 18.8 Å². The minimum atomic E-state index is -2.48. The number of halogens is 3. The van der Waals surface area contributed by atoms with Crippen LogP contribution < -0.4 is 5.32 Å². The lowest BCUT2D eigenvalue weighted by Crippen LogP contribution is -2.34. The zero-order chi connectivity index (χ0) is 14.0. The highest BCUT2D eigenvalue weighted by molar-refractivity contribution is 6.17. The maximum atomic E-state index is 11.7. The largest absolute Gasteiger partial charge is 0.375 e. The first kappa shape index (κ1) is 17.6. The Kier molecular flexibility index (Phi) is 9.28. The lowest BCUT2D eigenvalue weighted by atomic mass is 9.88. The summed E-state index contributed by atoms with van der Waals surface area (Å²) in [5.74, 6) is 0.432. The number of nitrogens with one attached hydrogen (secondary N) is 1. The fraction of sp³-hybridized carbons (Fsp3) is 0.917. The molecule has 0 saturated heterocycles. The van der Waals surface area contributed by atoms with Gasteiger partial charge in [-0.2, -0.15) is 0 Å². The lowest BCUT2D eigenvalue weighted by molar-refractivity contribution is -0.123. The van der Waals surface area contributed by atoms with Crippen LogP contribution in [0, 0.1) is 5.41 Å². The minimum Gasteiger partial charge on any atom is -0.375 e. The summed E-state index contributed by atoms with van der Waals surface area (Å²) < 4.78 is 28.1. The molecule has 0 rings (SSSR count). The summed E-state index contributed by atoms with van der Waals surface area (Å²) in [6.07, 6.45) is -0.540. The smallest absolute Gasteiger partial charge is 0.261 e. The van der Waals surface area contributed by atoms with Gasteiger partial charge in [0.25, 0.3) is 6.43 Å². The third-order valence-corrected chi connectivity index (χ3v) is 2.74. The minimum absolute atomic E-state index is 0.00558. The van der Waals surface area contributed by atoms with E-state index in [4.69, 9.17) is 11.6 Å². The third kappa shape index (κ3) is 10.7. The van der Waals surface area contributed by atoms with Crippen molar-refractivity contribution in [2.45, 2.75) is 39.5 Å². The Bertz CT molecular complexity index is 238. The normalized spacial score (nSPS) is 11.9. The fourth-order valence-corrected chi connectivity index (χ4v) is 1.53. The number of carbonyl (C=O) groups is 1. The van der Waals surface area contributed by atoms with Crippen molar-refractivity contribution >= 4 is 17.5 Å². The van der Waals surface area contributed by atoms with Crippen LogP contribution in [0.3, 0.4) is 0 Å². The van der Waals surface area contributed by atoms with Gasteiger partial charge in [0.2, 0.25) is 5.91 Å². The Morgan fingerprint density at radius 3 is 2.67 bits per heavy atom. The number of hydrogen-bond acceptors (Lipinski definition) is 2. The SMILES string of the molecule is CC(C)(CCCCl)CNC(=O)CCOCC(F)F. The molecule has 108 valence electrons. The van der Waals surface area contributed by atoms with Gasteiger partial charge < -0.3 is 10.1 Å². The van der Waals surface area contributed by atoms with E-state index in [0.717, 1.165) is 12.8 Å². The van der Waals surface area contributed by atoms with Gasteiger partial charge in [-0.3, -0.25) is 4.79 Å². The van der Waals surface area contributed by atoms with Crippen LogP contribution in [0.1, 0.15) is 33.1 Å². The molecule has 0 aromatic carbocycles. The van der Waals surface area contributed by atoms with Gasteiger partial charge in [0.15, 0.2) is 0 Å². The summed E-state index contributed by atoms with van der Waals surface area (Å²) in [6, 6.07) is 0. The second-order valence-electron chi connectivity index (χ2n) is 4.95. The van der Waals surface area contributed by atoms with E-state index in [9.17, 15) is 13.6 Å². The van der Waals surface area contributed by atoms with Gasteiger partial charge in [0.05, 0.1) is 6.61 Å². The maximum Gasteiger partial charge on any atom is 0.261 e. The molecule has 0 aromatic heterocycles. The average Bonchev–Trinajstić information content (AvgIpc) is 2.29. The van der Waals surface area contributed by atoms with E-state index in [0.29, 0.717) is 12.4 Å². The quantitative estimate of drug-likeness (QED) is 0.495. The molecular formula is C12H22ClF2NO2. The third-order valence-electron chi connectivity index (χ3n) is 2.47. The van der Waals surface area contributed by atoms with E-state index in [1.165, 1.54) is 0 Å². The van der Waals surface area contributed by atoms with Gasteiger partial charge in [0.1, 0.15) is 6.61 Å². The van der Waals surface area contributed by atoms with Gasteiger partial charge in [-0.25, -0.2) is 8.78 Å². The molecule has 0 aromatic rings. The first-order chi connectivity index (χ1) is 8.37. The molecule has 0 radical (unpaired) electrons. The number of rotatable bonds is 10.